The Labute approximate surface area is 196 Å². The molecule has 0 saturated carbocycles. The summed E-state index contributed by atoms with van der Waals surface area (Å²) in [6.07, 6.45) is 2.73. The van der Waals surface area contributed by atoms with Gasteiger partial charge < -0.3 is 19.1 Å². The highest BCUT2D eigenvalue weighted by Gasteiger charge is 2.22. The minimum atomic E-state index is -0.129. The number of methoxy groups -OCH3 is 1. The van der Waals surface area contributed by atoms with Crippen LogP contribution in [0.5, 0.6) is 0 Å². The van der Waals surface area contributed by atoms with Gasteiger partial charge >= 0.3 is 0 Å². The van der Waals surface area contributed by atoms with Gasteiger partial charge in [0.15, 0.2) is 0 Å². The molecule has 1 heterocycles. The second-order valence-electron chi connectivity index (χ2n) is 8.09. The Morgan fingerprint density at radius 2 is 1.58 bits per heavy atom. The fourth-order valence-electron chi connectivity index (χ4n) is 3.75. The highest BCUT2D eigenvalue weighted by atomic mass is 16.5. The molecule has 0 atom stereocenters. The molecule has 2 amide bonds. The molecule has 33 heavy (non-hydrogen) atoms. The summed E-state index contributed by atoms with van der Waals surface area (Å²) in [5.41, 5.74) is 3.77. The topological polar surface area (TPSA) is 54.8 Å². The van der Waals surface area contributed by atoms with Crippen molar-refractivity contribution in [2.45, 2.75) is 19.9 Å². The van der Waals surface area contributed by atoms with Gasteiger partial charge in [-0.15, -0.1) is 0 Å². The molecule has 6 heteroatoms. The molecule has 0 saturated heterocycles. The van der Waals surface area contributed by atoms with Crippen LogP contribution >= 0.6 is 0 Å². The molecule has 174 valence electrons. The van der Waals surface area contributed by atoms with Crippen molar-refractivity contribution >= 4 is 11.8 Å². The van der Waals surface area contributed by atoms with Crippen LogP contribution in [-0.4, -0.2) is 59.5 Å². The number of hydrogen-bond acceptors (Lipinski definition) is 3. The summed E-state index contributed by atoms with van der Waals surface area (Å²) < 4.78 is 7.20. The molecule has 0 aliphatic carbocycles. The lowest BCUT2D eigenvalue weighted by Gasteiger charge is -2.27. The van der Waals surface area contributed by atoms with E-state index in [0.717, 1.165) is 23.2 Å². The first-order valence-corrected chi connectivity index (χ1v) is 11.3. The maximum absolute atomic E-state index is 13.3. The Balaban J connectivity index is 1.72. The summed E-state index contributed by atoms with van der Waals surface area (Å²) in [5, 5.41) is 0. The number of rotatable bonds is 11. The summed E-state index contributed by atoms with van der Waals surface area (Å²) in [5.74, 6) is -0.216. The first-order valence-electron chi connectivity index (χ1n) is 11.3. The normalized spacial score (nSPS) is 10.8. The van der Waals surface area contributed by atoms with Crippen molar-refractivity contribution in [3.05, 3.63) is 84.2 Å². The number of amides is 2. The number of ether oxygens (including phenoxy) is 1. The van der Waals surface area contributed by atoms with E-state index in [4.69, 9.17) is 4.74 Å². The lowest BCUT2D eigenvalue weighted by atomic mass is 10.0. The van der Waals surface area contributed by atoms with Gasteiger partial charge in [-0.05, 0) is 41.8 Å². The zero-order valence-electron chi connectivity index (χ0n) is 19.7. The predicted molar refractivity (Wildman–Crippen MR) is 131 cm³/mol. The fraction of sp³-hybridized carbons (Fsp3) is 0.333. The van der Waals surface area contributed by atoms with Crippen molar-refractivity contribution in [3.8, 4) is 11.1 Å². The van der Waals surface area contributed by atoms with E-state index in [0.29, 0.717) is 31.8 Å². The van der Waals surface area contributed by atoms with Gasteiger partial charge in [-0.1, -0.05) is 49.4 Å². The zero-order chi connectivity index (χ0) is 23.6. The first kappa shape index (κ1) is 24.3. The van der Waals surface area contributed by atoms with E-state index in [1.165, 1.54) is 0 Å². The molecule has 6 nitrogen and oxygen atoms in total. The highest BCUT2D eigenvalue weighted by molar-refractivity contribution is 5.97. The van der Waals surface area contributed by atoms with E-state index in [1.807, 2.05) is 91.5 Å². The van der Waals surface area contributed by atoms with Crippen molar-refractivity contribution in [2.75, 3.05) is 33.4 Å². The van der Waals surface area contributed by atoms with Gasteiger partial charge in [0.05, 0.1) is 13.2 Å². The number of aromatic nitrogens is 1. The number of carbonyl (C=O) groups excluding carboxylic acids is 2. The number of benzene rings is 2. The van der Waals surface area contributed by atoms with Crippen LogP contribution in [0.2, 0.25) is 0 Å². The number of hydrogen-bond donors (Lipinski definition) is 0. The maximum Gasteiger partial charge on any atom is 0.254 e. The molecule has 0 N–H and O–H groups in total. The summed E-state index contributed by atoms with van der Waals surface area (Å²) in [6.45, 7) is 3.97. The Kier molecular flexibility index (Phi) is 8.84. The monoisotopic (exact) mass is 447 g/mol. The van der Waals surface area contributed by atoms with Gasteiger partial charge in [0.1, 0.15) is 6.54 Å². The molecule has 2 aromatic carbocycles. The number of carbonyl (C=O) groups is 2. The standard InChI is InChI=1S/C27H33N3O3/c1-4-16-30(21-26(31)29(18-19-33-3)20-25-11-8-17-28(25)2)27(32)24-14-12-23(13-15-24)22-9-6-5-7-10-22/h5-15,17H,4,16,18-21H2,1-3H3. The Morgan fingerprint density at radius 3 is 2.18 bits per heavy atom. The van der Waals surface area contributed by atoms with Crippen LogP contribution in [0.3, 0.4) is 0 Å². The van der Waals surface area contributed by atoms with E-state index in [1.54, 1.807) is 16.9 Å². The molecule has 3 aromatic rings. The molecule has 1 aromatic heterocycles. The average Bonchev–Trinajstić information content (AvgIpc) is 3.25. The van der Waals surface area contributed by atoms with E-state index in [9.17, 15) is 9.59 Å². The van der Waals surface area contributed by atoms with Crippen molar-refractivity contribution in [2.24, 2.45) is 7.05 Å². The van der Waals surface area contributed by atoms with Crippen LogP contribution in [0.1, 0.15) is 29.4 Å². The molecule has 0 aliphatic heterocycles. The summed E-state index contributed by atoms with van der Waals surface area (Å²) >= 11 is 0. The smallest absolute Gasteiger partial charge is 0.254 e. The lowest BCUT2D eigenvalue weighted by molar-refractivity contribution is -0.133. The van der Waals surface area contributed by atoms with Crippen LogP contribution in [0.4, 0.5) is 0 Å². The molecule has 0 bridgehead atoms. The molecule has 0 spiro atoms. The van der Waals surface area contributed by atoms with Crippen LogP contribution in [-0.2, 0) is 23.1 Å². The molecule has 3 rings (SSSR count). The fourth-order valence-corrected chi connectivity index (χ4v) is 3.75. The van der Waals surface area contributed by atoms with Crippen LogP contribution in [0.25, 0.3) is 11.1 Å². The van der Waals surface area contributed by atoms with Gasteiger partial charge in [-0.2, -0.15) is 0 Å². The minimum absolute atomic E-state index is 0.0429. The SMILES string of the molecule is CCCN(CC(=O)N(CCOC)Cc1cccn1C)C(=O)c1ccc(-c2ccccc2)cc1. The third-order valence-electron chi connectivity index (χ3n) is 5.67. The largest absolute Gasteiger partial charge is 0.383 e. The molecule has 0 unspecified atom stereocenters. The second kappa shape index (κ2) is 12.0. The third-order valence-corrected chi connectivity index (χ3v) is 5.67. The third kappa shape index (κ3) is 6.56. The second-order valence-corrected chi connectivity index (χ2v) is 8.09. The van der Waals surface area contributed by atoms with Gasteiger partial charge in [0, 0.05) is 44.7 Å². The van der Waals surface area contributed by atoms with Crippen molar-refractivity contribution in [3.63, 3.8) is 0 Å². The summed E-state index contributed by atoms with van der Waals surface area (Å²) in [6, 6.07) is 21.6. The predicted octanol–water partition coefficient (Wildman–Crippen LogP) is 4.22. The average molecular weight is 448 g/mol. The number of nitrogens with zero attached hydrogens (tertiary/aromatic N) is 3. The highest BCUT2D eigenvalue weighted by Crippen LogP contribution is 2.20. The Morgan fingerprint density at radius 1 is 0.879 bits per heavy atom. The van der Waals surface area contributed by atoms with Gasteiger partial charge in [0.25, 0.3) is 5.91 Å². The molecular weight excluding hydrogens is 414 g/mol. The lowest BCUT2D eigenvalue weighted by Crippen LogP contribution is -2.44. The molecule has 0 aliphatic rings. The van der Waals surface area contributed by atoms with E-state index < -0.39 is 0 Å². The van der Waals surface area contributed by atoms with Gasteiger partial charge in [-0.3, -0.25) is 9.59 Å². The van der Waals surface area contributed by atoms with E-state index in [-0.39, 0.29) is 18.4 Å². The quantitative estimate of drug-likeness (QED) is 0.442. The van der Waals surface area contributed by atoms with E-state index >= 15 is 0 Å². The zero-order valence-corrected chi connectivity index (χ0v) is 19.7. The number of aryl methyl sites for hydroxylation is 1. The molecule has 0 radical (unpaired) electrons. The molecular formula is C27H33N3O3. The van der Waals surface area contributed by atoms with Crippen molar-refractivity contribution in [1.82, 2.24) is 14.4 Å². The summed E-state index contributed by atoms with van der Waals surface area (Å²) in [4.78, 5) is 29.9. The Bertz CT molecular complexity index is 1030. The maximum atomic E-state index is 13.3. The first-order chi connectivity index (χ1) is 16.0. The van der Waals surface area contributed by atoms with Crippen LogP contribution < -0.4 is 0 Å². The van der Waals surface area contributed by atoms with Gasteiger partial charge in [0.2, 0.25) is 5.91 Å². The summed E-state index contributed by atoms with van der Waals surface area (Å²) in [7, 11) is 3.58. The Hall–Kier alpha value is -3.38. The van der Waals surface area contributed by atoms with Crippen LogP contribution in [0, 0.1) is 0 Å². The van der Waals surface area contributed by atoms with Crippen molar-refractivity contribution in [1.29, 1.82) is 0 Å². The van der Waals surface area contributed by atoms with E-state index in [2.05, 4.69) is 0 Å². The van der Waals surface area contributed by atoms with Gasteiger partial charge in [-0.25, -0.2) is 0 Å². The minimum Gasteiger partial charge on any atom is -0.383 e. The van der Waals surface area contributed by atoms with Crippen molar-refractivity contribution < 1.29 is 14.3 Å². The van der Waals surface area contributed by atoms with Crippen LogP contribution in [0.15, 0.2) is 72.9 Å². The molecule has 0 fully saturated rings.